The summed E-state index contributed by atoms with van der Waals surface area (Å²) < 4.78 is 13.8. The third-order valence-corrected chi connectivity index (χ3v) is 5.86. The molecule has 0 saturated heterocycles. The quantitative estimate of drug-likeness (QED) is 0.363. The minimum Gasteiger partial charge on any atom is -0.493 e. The monoisotopic (exact) mass is 428 g/mol. The summed E-state index contributed by atoms with van der Waals surface area (Å²) in [4.78, 5) is 18.1. The molecule has 2 heterocycles. The first kappa shape index (κ1) is 19.3. The van der Waals surface area contributed by atoms with E-state index in [2.05, 4.69) is 4.98 Å². The van der Waals surface area contributed by atoms with Crippen molar-refractivity contribution in [3.05, 3.63) is 99.3 Å². The molecule has 6 heteroatoms. The van der Waals surface area contributed by atoms with Gasteiger partial charge in [-0.2, -0.15) is 0 Å². The van der Waals surface area contributed by atoms with Gasteiger partial charge in [0.25, 0.3) is 5.56 Å². The van der Waals surface area contributed by atoms with E-state index in [1.807, 2.05) is 84.9 Å². The third-order valence-electron chi connectivity index (χ3n) is 4.89. The molecule has 0 aliphatic carbocycles. The Morgan fingerprint density at radius 2 is 1.52 bits per heavy atom. The Morgan fingerprint density at radius 1 is 0.839 bits per heavy atom. The topological polar surface area (TPSA) is 52.8 Å². The summed E-state index contributed by atoms with van der Waals surface area (Å²) in [6, 6.07) is 25.2. The van der Waals surface area contributed by atoms with Crippen molar-refractivity contribution in [2.75, 3.05) is 13.2 Å². The van der Waals surface area contributed by atoms with Gasteiger partial charge in [0.15, 0.2) is 4.96 Å². The molecular weight excluding hydrogens is 408 g/mol. The Morgan fingerprint density at radius 3 is 2.29 bits per heavy atom. The molecule has 5 aromatic rings. The molecule has 154 valence electrons. The van der Waals surface area contributed by atoms with Crippen LogP contribution in [0.25, 0.3) is 22.1 Å². The van der Waals surface area contributed by atoms with Gasteiger partial charge in [0.05, 0.1) is 28.8 Å². The number of aromatic nitrogens is 2. The second-order valence-corrected chi connectivity index (χ2v) is 8.08. The minimum atomic E-state index is -0.0348. The van der Waals surface area contributed by atoms with E-state index in [9.17, 15) is 4.79 Å². The van der Waals surface area contributed by atoms with Crippen LogP contribution in [0.4, 0.5) is 0 Å². The normalized spacial score (nSPS) is 11.9. The number of benzene rings is 3. The molecule has 0 unspecified atom stereocenters. The summed E-state index contributed by atoms with van der Waals surface area (Å²) in [6.07, 6.45) is 2.69. The fourth-order valence-corrected chi connectivity index (χ4v) is 4.37. The van der Waals surface area contributed by atoms with E-state index in [4.69, 9.17) is 9.47 Å². The molecule has 0 aliphatic heterocycles. The van der Waals surface area contributed by atoms with Crippen LogP contribution in [0, 0.1) is 0 Å². The number of hydrogen-bond donors (Lipinski definition) is 0. The second-order valence-electron chi connectivity index (χ2n) is 7.07. The standard InChI is InChI=1S/C25H20N2O3S/c28-24-23(31-25-26-21-9-4-5-10-22(21)27(24)25)17-18-11-13-20(14-12-18)30-16-6-15-29-19-7-2-1-3-8-19/h1-5,7-14,17H,6,15-16H2/b23-17+. The molecule has 0 bridgehead atoms. The SMILES string of the molecule is O=c1/c(=C\c2ccc(OCCCOc3ccccc3)cc2)sc2nc3ccccc3n12. The lowest BCUT2D eigenvalue weighted by atomic mass is 10.2. The lowest BCUT2D eigenvalue weighted by Gasteiger charge is -2.08. The predicted molar refractivity (Wildman–Crippen MR) is 124 cm³/mol. The summed E-state index contributed by atoms with van der Waals surface area (Å²) >= 11 is 1.40. The van der Waals surface area contributed by atoms with E-state index < -0.39 is 0 Å². The highest BCUT2D eigenvalue weighted by Crippen LogP contribution is 2.17. The fourth-order valence-electron chi connectivity index (χ4n) is 3.38. The zero-order valence-corrected chi connectivity index (χ0v) is 17.5. The number of rotatable bonds is 7. The van der Waals surface area contributed by atoms with Crippen molar-refractivity contribution in [2.24, 2.45) is 0 Å². The number of fused-ring (bicyclic) bond motifs is 3. The first-order valence-electron chi connectivity index (χ1n) is 10.1. The molecule has 5 nitrogen and oxygen atoms in total. The smallest absolute Gasteiger partial charge is 0.274 e. The molecule has 5 rings (SSSR count). The first-order valence-corrected chi connectivity index (χ1v) is 10.9. The van der Waals surface area contributed by atoms with E-state index in [0.29, 0.717) is 17.7 Å². The zero-order valence-electron chi connectivity index (χ0n) is 16.7. The molecule has 31 heavy (non-hydrogen) atoms. The average Bonchev–Trinajstić information content (AvgIpc) is 3.31. The van der Waals surface area contributed by atoms with Crippen molar-refractivity contribution in [1.82, 2.24) is 9.38 Å². The van der Waals surface area contributed by atoms with Gasteiger partial charge in [-0.1, -0.05) is 53.8 Å². The molecule has 0 N–H and O–H groups in total. The highest BCUT2D eigenvalue weighted by atomic mass is 32.1. The molecule has 0 fully saturated rings. The lowest BCUT2D eigenvalue weighted by Crippen LogP contribution is -2.22. The van der Waals surface area contributed by atoms with Crippen molar-refractivity contribution in [3.8, 4) is 11.5 Å². The Kier molecular flexibility index (Phi) is 5.37. The number of ether oxygens (including phenoxy) is 2. The Balaban J connectivity index is 1.23. The maximum Gasteiger partial charge on any atom is 0.274 e. The highest BCUT2D eigenvalue weighted by Gasteiger charge is 2.10. The maximum absolute atomic E-state index is 12.8. The van der Waals surface area contributed by atoms with Gasteiger partial charge in [-0.25, -0.2) is 9.38 Å². The van der Waals surface area contributed by atoms with Crippen molar-refractivity contribution in [1.29, 1.82) is 0 Å². The third kappa shape index (κ3) is 4.15. The Bertz CT molecular complexity index is 1420. The molecule has 0 aliphatic rings. The van der Waals surface area contributed by atoms with Crippen LogP contribution in [-0.4, -0.2) is 22.6 Å². The van der Waals surface area contributed by atoms with Crippen LogP contribution in [0.2, 0.25) is 0 Å². The van der Waals surface area contributed by atoms with Gasteiger partial charge in [-0.05, 0) is 48.0 Å². The van der Waals surface area contributed by atoms with E-state index in [1.165, 1.54) is 11.3 Å². The molecular formula is C25H20N2O3S. The summed E-state index contributed by atoms with van der Waals surface area (Å²) in [5.74, 6) is 1.67. The van der Waals surface area contributed by atoms with Crippen molar-refractivity contribution < 1.29 is 9.47 Å². The van der Waals surface area contributed by atoms with Crippen LogP contribution in [-0.2, 0) is 0 Å². The van der Waals surface area contributed by atoms with Crippen LogP contribution < -0.4 is 19.6 Å². The molecule has 0 saturated carbocycles. The molecule has 0 spiro atoms. The minimum absolute atomic E-state index is 0.0348. The van der Waals surface area contributed by atoms with Crippen LogP contribution in [0.15, 0.2) is 83.7 Å². The number of imidazole rings is 1. The predicted octanol–water partition coefficient (Wildman–Crippen LogP) is 4.30. The van der Waals surface area contributed by atoms with Crippen LogP contribution in [0.1, 0.15) is 12.0 Å². The molecule has 0 amide bonds. The van der Waals surface area contributed by atoms with Gasteiger partial charge in [-0.15, -0.1) is 0 Å². The second kappa shape index (κ2) is 8.62. The number of para-hydroxylation sites is 3. The van der Waals surface area contributed by atoms with Crippen LogP contribution in [0.5, 0.6) is 11.5 Å². The van der Waals surface area contributed by atoms with Gasteiger partial charge >= 0.3 is 0 Å². The maximum atomic E-state index is 12.8. The van der Waals surface area contributed by atoms with Gasteiger partial charge in [0, 0.05) is 6.42 Å². The lowest BCUT2D eigenvalue weighted by molar-refractivity contribution is 0.247. The van der Waals surface area contributed by atoms with Gasteiger partial charge in [-0.3, -0.25) is 4.79 Å². The first-order chi connectivity index (χ1) is 15.3. The summed E-state index contributed by atoms with van der Waals surface area (Å²) in [5.41, 5.74) is 2.60. The average molecular weight is 429 g/mol. The summed E-state index contributed by atoms with van der Waals surface area (Å²) in [6.45, 7) is 1.19. The number of thiazole rings is 1. The fraction of sp³-hybridized carbons (Fsp3) is 0.120. The van der Waals surface area contributed by atoms with E-state index >= 15 is 0 Å². The van der Waals surface area contributed by atoms with E-state index in [-0.39, 0.29) is 5.56 Å². The zero-order chi connectivity index (χ0) is 21.0. The number of nitrogens with zero attached hydrogens (tertiary/aromatic N) is 2. The van der Waals surface area contributed by atoms with E-state index in [0.717, 1.165) is 39.5 Å². The highest BCUT2D eigenvalue weighted by molar-refractivity contribution is 7.15. The van der Waals surface area contributed by atoms with Crippen molar-refractivity contribution >= 4 is 33.4 Å². The van der Waals surface area contributed by atoms with Crippen LogP contribution in [0.3, 0.4) is 0 Å². The van der Waals surface area contributed by atoms with Crippen molar-refractivity contribution in [2.45, 2.75) is 6.42 Å². The molecule has 0 atom stereocenters. The van der Waals surface area contributed by atoms with Crippen LogP contribution >= 0.6 is 11.3 Å². The van der Waals surface area contributed by atoms with Crippen molar-refractivity contribution in [3.63, 3.8) is 0 Å². The Labute approximate surface area is 182 Å². The van der Waals surface area contributed by atoms with Gasteiger partial charge in [0.2, 0.25) is 0 Å². The summed E-state index contributed by atoms with van der Waals surface area (Å²) in [5, 5.41) is 0. The van der Waals surface area contributed by atoms with Gasteiger partial charge in [0.1, 0.15) is 11.5 Å². The largest absolute Gasteiger partial charge is 0.493 e. The molecule has 3 aromatic carbocycles. The molecule has 0 radical (unpaired) electrons. The molecule has 2 aromatic heterocycles. The van der Waals surface area contributed by atoms with E-state index in [1.54, 1.807) is 4.40 Å². The number of hydrogen-bond acceptors (Lipinski definition) is 5. The summed E-state index contributed by atoms with van der Waals surface area (Å²) in [7, 11) is 0. The Hall–Kier alpha value is -3.64. The van der Waals surface area contributed by atoms with Gasteiger partial charge < -0.3 is 9.47 Å².